The number of hydrogen-bond acceptors (Lipinski definition) is 4. The van der Waals surface area contributed by atoms with E-state index in [9.17, 15) is 9.59 Å². The lowest BCUT2D eigenvalue weighted by atomic mass is 10.2. The molecule has 0 aliphatic rings. The summed E-state index contributed by atoms with van der Waals surface area (Å²) in [5.41, 5.74) is 2.07. The van der Waals surface area contributed by atoms with Gasteiger partial charge in [0.05, 0.1) is 18.6 Å². The van der Waals surface area contributed by atoms with Crippen LogP contribution in [0.2, 0.25) is 0 Å². The van der Waals surface area contributed by atoms with E-state index in [1.165, 1.54) is 6.20 Å². The van der Waals surface area contributed by atoms with Crippen molar-refractivity contribution in [3.8, 4) is 5.75 Å². The minimum absolute atomic E-state index is 0.132. The number of ether oxygens (including phenoxy) is 1. The largest absolute Gasteiger partial charge is 0.493 e. The topological polar surface area (TPSA) is 80.3 Å². The maximum Gasteiger partial charge on any atom is 0.253 e. The van der Waals surface area contributed by atoms with Crippen molar-refractivity contribution in [3.05, 3.63) is 90.3 Å². The summed E-state index contributed by atoms with van der Waals surface area (Å²) < 4.78 is 5.53. The second kappa shape index (κ2) is 9.87. The SMILES string of the molecule is O=C(CCOc1ccccc1)Nc1cccc(CNC(=O)c2cccnc2)c1. The van der Waals surface area contributed by atoms with Crippen molar-refractivity contribution >= 4 is 17.5 Å². The molecule has 6 heteroatoms. The molecular formula is C22H21N3O3. The highest BCUT2D eigenvalue weighted by Crippen LogP contribution is 2.12. The maximum absolute atomic E-state index is 12.1. The van der Waals surface area contributed by atoms with Gasteiger partial charge in [-0.3, -0.25) is 14.6 Å². The lowest BCUT2D eigenvalue weighted by Crippen LogP contribution is -2.23. The van der Waals surface area contributed by atoms with E-state index in [0.29, 0.717) is 24.4 Å². The number of benzene rings is 2. The van der Waals surface area contributed by atoms with Crippen molar-refractivity contribution in [1.82, 2.24) is 10.3 Å². The summed E-state index contributed by atoms with van der Waals surface area (Å²) in [6.07, 6.45) is 3.38. The molecule has 0 atom stereocenters. The van der Waals surface area contributed by atoms with Gasteiger partial charge in [0.1, 0.15) is 5.75 Å². The minimum Gasteiger partial charge on any atom is -0.493 e. The lowest BCUT2D eigenvalue weighted by molar-refractivity contribution is -0.116. The van der Waals surface area contributed by atoms with Gasteiger partial charge in [0.15, 0.2) is 0 Å². The van der Waals surface area contributed by atoms with Crippen LogP contribution in [-0.2, 0) is 11.3 Å². The standard InChI is InChI=1S/C22H21N3O3/c26-21(11-13-28-20-9-2-1-3-10-20)25-19-8-4-6-17(14-19)15-24-22(27)18-7-5-12-23-16-18/h1-10,12,14,16H,11,13,15H2,(H,24,27)(H,25,26). The van der Waals surface area contributed by atoms with E-state index in [2.05, 4.69) is 15.6 Å². The van der Waals surface area contributed by atoms with E-state index >= 15 is 0 Å². The predicted octanol–water partition coefficient (Wildman–Crippen LogP) is 3.42. The monoisotopic (exact) mass is 375 g/mol. The highest BCUT2D eigenvalue weighted by molar-refractivity contribution is 5.93. The summed E-state index contributed by atoms with van der Waals surface area (Å²) in [5, 5.41) is 5.68. The van der Waals surface area contributed by atoms with Gasteiger partial charge in [-0.1, -0.05) is 30.3 Å². The molecule has 2 amide bonds. The number of anilines is 1. The molecule has 0 saturated heterocycles. The first-order chi connectivity index (χ1) is 13.7. The van der Waals surface area contributed by atoms with E-state index in [0.717, 1.165) is 11.3 Å². The molecule has 28 heavy (non-hydrogen) atoms. The quantitative estimate of drug-likeness (QED) is 0.632. The molecule has 0 fully saturated rings. The summed E-state index contributed by atoms with van der Waals surface area (Å²) in [7, 11) is 0. The number of amides is 2. The van der Waals surface area contributed by atoms with E-state index < -0.39 is 0 Å². The lowest BCUT2D eigenvalue weighted by Gasteiger charge is -2.09. The predicted molar refractivity (Wildman–Crippen MR) is 107 cm³/mol. The fourth-order valence-electron chi connectivity index (χ4n) is 2.54. The Hall–Kier alpha value is -3.67. The van der Waals surface area contributed by atoms with Crippen molar-refractivity contribution in [3.63, 3.8) is 0 Å². The Kier molecular flexibility index (Phi) is 6.73. The molecule has 0 unspecified atom stereocenters. The summed E-state index contributed by atoms with van der Waals surface area (Å²) in [6.45, 7) is 0.658. The molecule has 2 N–H and O–H groups in total. The van der Waals surface area contributed by atoms with Gasteiger partial charge in [-0.15, -0.1) is 0 Å². The van der Waals surface area contributed by atoms with Crippen LogP contribution in [0.25, 0.3) is 0 Å². The van der Waals surface area contributed by atoms with Crippen LogP contribution in [0.15, 0.2) is 79.1 Å². The molecule has 6 nitrogen and oxygen atoms in total. The molecule has 1 aromatic heterocycles. The molecule has 0 aliphatic heterocycles. The molecule has 3 rings (SSSR count). The fourth-order valence-corrected chi connectivity index (χ4v) is 2.54. The van der Waals surface area contributed by atoms with Crippen LogP contribution in [0.4, 0.5) is 5.69 Å². The van der Waals surface area contributed by atoms with Crippen molar-refractivity contribution < 1.29 is 14.3 Å². The molecule has 0 bridgehead atoms. The third-order valence-electron chi connectivity index (χ3n) is 3.93. The van der Waals surface area contributed by atoms with Crippen molar-refractivity contribution in [1.29, 1.82) is 0 Å². The van der Waals surface area contributed by atoms with E-state index in [-0.39, 0.29) is 18.2 Å². The number of rotatable bonds is 8. The minimum atomic E-state index is -0.194. The molecule has 0 saturated carbocycles. The molecule has 0 spiro atoms. The van der Waals surface area contributed by atoms with Gasteiger partial charge >= 0.3 is 0 Å². The van der Waals surface area contributed by atoms with Crippen LogP contribution in [0.5, 0.6) is 5.75 Å². The van der Waals surface area contributed by atoms with Gasteiger partial charge < -0.3 is 15.4 Å². The van der Waals surface area contributed by atoms with E-state index in [1.807, 2.05) is 54.6 Å². The second-order valence-electron chi connectivity index (χ2n) is 6.08. The molecule has 3 aromatic rings. The van der Waals surface area contributed by atoms with Gasteiger partial charge in [-0.25, -0.2) is 0 Å². The average Bonchev–Trinajstić information content (AvgIpc) is 2.74. The van der Waals surface area contributed by atoms with Crippen LogP contribution in [0.3, 0.4) is 0 Å². The summed E-state index contributed by atoms with van der Waals surface area (Å²) in [5.74, 6) is 0.412. The van der Waals surface area contributed by atoms with Gasteiger partial charge in [-0.05, 0) is 42.0 Å². The van der Waals surface area contributed by atoms with Crippen LogP contribution in [-0.4, -0.2) is 23.4 Å². The average molecular weight is 375 g/mol. The number of aromatic nitrogens is 1. The zero-order valence-corrected chi connectivity index (χ0v) is 15.3. The molecular weight excluding hydrogens is 354 g/mol. The Morgan fingerprint density at radius 1 is 0.964 bits per heavy atom. The molecule has 0 radical (unpaired) electrons. The Bertz CT molecular complexity index is 915. The van der Waals surface area contributed by atoms with Gasteiger partial charge in [0.2, 0.25) is 5.91 Å². The van der Waals surface area contributed by atoms with Gasteiger partial charge in [-0.2, -0.15) is 0 Å². The first kappa shape index (κ1) is 19.1. The molecule has 0 aliphatic carbocycles. The maximum atomic E-state index is 12.1. The Labute approximate surface area is 163 Å². The van der Waals surface area contributed by atoms with Crippen molar-refractivity contribution in [2.75, 3.05) is 11.9 Å². The van der Waals surface area contributed by atoms with E-state index in [1.54, 1.807) is 18.3 Å². The number of nitrogens with one attached hydrogen (secondary N) is 2. The Balaban J connectivity index is 1.46. The third-order valence-corrected chi connectivity index (χ3v) is 3.93. The fraction of sp³-hybridized carbons (Fsp3) is 0.136. The number of carbonyl (C=O) groups excluding carboxylic acids is 2. The number of carbonyl (C=O) groups is 2. The summed E-state index contributed by atoms with van der Waals surface area (Å²) in [6, 6.07) is 20.2. The van der Waals surface area contributed by atoms with Gasteiger partial charge in [0.25, 0.3) is 5.91 Å². The first-order valence-electron chi connectivity index (χ1n) is 8.95. The van der Waals surface area contributed by atoms with Crippen molar-refractivity contribution in [2.24, 2.45) is 0 Å². The van der Waals surface area contributed by atoms with Crippen LogP contribution >= 0.6 is 0 Å². The van der Waals surface area contributed by atoms with Crippen molar-refractivity contribution in [2.45, 2.75) is 13.0 Å². The van der Waals surface area contributed by atoms with Crippen LogP contribution in [0, 0.1) is 0 Å². The first-order valence-corrected chi connectivity index (χ1v) is 8.95. The summed E-state index contributed by atoms with van der Waals surface area (Å²) >= 11 is 0. The number of pyridine rings is 1. The molecule has 1 heterocycles. The number of para-hydroxylation sites is 1. The zero-order chi connectivity index (χ0) is 19.6. The van der Waals surface area contributed by atoms with Crippen LogP contribution < -0.4 is 15.4 Å². The Morgan fingerprint density at radius 3 is 2.61 bits per heavy atom. The Morgan fingerprint density at radius 2 is 1.82 bits per heavy atom. The normalized spacial score (nSPS) is 10.1. The number of nitrogens with zero attached hydrogens (tertiary/aromatic N) is 1. The smallest absolute Gasteiger partial charge is 0.253 e. The highest BCUT2D eigenvalue weighted by Gasteiger charge is 2.06. The second-order valence-corrected chi connectivity index (χ2v) is 6.08. The zero-order valence-electron chi connectivity index (χ0n) is 15.3. The molecule has 2 aromatic carbocycles. The van der Waals surface area contributed by atoms with E-state index in [4.69, 9.17) is 4.74 Å². The third kappa shape index (κ3) is 5.95. The number of hydrogen-bond donors (Lipinski definition) is 2. The molecule has 142 valence electrons. The highest BCUT2D eigenvalue weighted by atomic mass is 16.5. The van der Waals surface area contributed by atoms with Gasteiger partial charge in [0, 0.05) is 24.6 Å². The van der Waals surface area contributed by atoms with Crippen LogP contribution in [0.1, 0.15) is 22.3 Å². The summed E-state index contributed by atoms with van der Waals surface area (Å²) in [4.78, 5) is 28.1.